The molecule has 2 N–H and O–H groups in total. The Balaban J connectivity index is 2.79. The highest BCUT2D eigenvalue weighted by Gasteiger charge is 2.20. The molecule has 0 fully saturated rings. The van der Waals surface area contributed by atoms with E-state index in [0.29, 0.717) is 5.69 Å². The number of aromatic nitrogens is 2. The summed E-state index contributed by atoms with van der Waals surface area (Å²) in [4.78, 5) is 34.5. The van der Waals surface area contributed by atoms with Crippen LogP contribution in [0.1, 0.15) is 31.5 Å². The molecular weight excluding hydrogens is 274 g/mol. The number of aliphatic carboxylic acids is 1. The number of carbonyl (C=O) groups excluding carboxylic acids is 1. The van der Waals surface area contributed by atoms with E-state index in [9.17, 15) is 14.4 Å². The molecule has 0 saturated carbocycles. The van der Waals surface area contributed by atoms with Crippen LogP contribution in [0.25, 0.3) is 0 Å². The predicted molar refractivity (Wildman–Crippen MR) is 77.0 cm³/mol. The molecule has 1 atom stereocenters. The molecule has 21 heavy (non-hydrogen) atoms. The first-order valence-electron chi connectivity index (χ1n) is 6.77. The van der Waals surface area contributed by atoms with Crippen molar-refractivity contribution in [2.75, 3.05) is 0 Å². The second kappa shape index (κ2) is 7.01. The Bertz CT molecular complexity index is 592. The molecule has 116 valence electrons. The Morgan fingerprint density at radius 2 is 2.00 bits per heavy atom. The molecule has 1 unspecified atom stereocenters. The van der Waals surface area contributed by atoms with Crippen LogP contribution in [0.5, 0.6) is 0 Å². The van der Waals surface area contributed by atoms with Gasteiger partial charge in [0.25, 0.3) is 5.56 Å². The summed E-state index contributed by atoms with van der Waals surface area (Å²) in [5.41, 5.74) is 1.09. The average Bonchev–Trinajstić information content (AvgIpc) is 2.34. The number of hydrogen-bond donors (Lipinski definition) is 2. The third kappa shape index (κ3) is 5.02. The summed E-state index contributed by atoms with van der Waals surface area (Å²) in [5, 5.41) is 15.5. The minimum absolute atomic E-state index is 0.0190. The third-order valence-corrected chi connectivity index (χ3v) is 3.27. The molecule has 1 rings (SSSR count). The zero-order valence-electron chi connectivity index (χ0n) is 12.7. The lowest BCUT2D eigenvalue weighted by atomic mass is 10.0. The molecule has 7 nitrogen and oxygen atoms in total. The summed E-state index contributed by atoms with van der Waals surface area (Å²) in [7, 11) is 0. The van der Waals surface area contributed by atoms with E-state index in [1.54, 1.807) is 13.8 Å². The largest absolute Gasteiger partial charge is 0.481 e. The van der Waals surface area contributed by atoms with Crippen LogP contribution in [0.4, 0.5) is 0 Å². The van der Waals surface area contributed by atoms with E-state index in [4.69, 9.17) is 5.11 Å². The molecule has 0 aliphatic rings. The smallest absolute Gasteiger partial charge is 0.305 e. The van der Waals surface area contributed by atoms with Gasteiger partial charge in [0.05, 0.1) is 12.1 Å². The fourth-order valence-corrected chi connectivity index (χ4v) is 1.82. The fourth-order valence-electron chi connectivity index (χ4n) is 1.82. The SMILES string of the molecule is Cc1cc(=O)n(CC(=O)NC(CC(=O)O)C(C)C)nc1C. The van der Waals surface area contributed by atoms with Crippen LogP contribution >= 0.6 is 0 Å². The van der Waals surface area contributed by atoms with E-state index in [2.05, 4.69) is 10.4 Å². The van der Waals surface area contributed by atoms with Crippen molar-refractivity contribution in [2.45, 2.75) is 46.7 Å². The Morgan fingerprint density at radius 3 is 2.52 bits per heavy atom. The van der Waals surface area contributed by atoms with Gasteiger partial charge in [-0.2, -0.15) is 5.10 Å². The molecule has 0 spiro atoms. The zero-order chi connectivity index (χ0) is 16.2. The summed E-state index contributed by atoms with van der Waals surface area (Å²) in [6, 6.07) is 0.949. The summed E-state index contributed by atoms with van der Waals surface area (Å²) in [6.45, 7) is 6.96. The molecule has 0 radical (unpaired) electrons. The van der Waals surface area contributed by atoms with Crippen LogP contribution in [0.2, 0.25) is 0 Å². The van der Waals surface area contributed by atoms with Gasteiger partial charge in [-0.15, -0.1) is 0 Å². The fraction of sp³-hybridized carbons (Fsp3) is 0.571. The maximum absolute atomic E-state index is 12.0. The van der Waals surface area contributed by atoms with E-state index in [0.717, 1.165) is 10.2 Å². The highest BCUT2D eigenvalue weighted by Crippen LogP contribution is 2.06. The number of carboxylic acids is 1. The number of carbonyl (C=O) groups is 2. The lowest BCUT2D eigenvalue weighted by Gasteiger charge is -2.20. The molecule has 0 aliphatic carbocycles. The topological polar surface area (TPSA) is 101 Å². The minimum atomic E-state index is -0.976. The van der Waals surface area contributed by atoms with E-state index >= 15 is 0 Å². The summed E-state index contributed by atoms with van der Waals surface area (Å²) < 4.78 is 1.08. The molecule has 1 aromatic rings. The van der Waals surface area contributed by atoms with Crippen LogP contribution in [-0.2, 0) is 16.1 Å². The quantitative estimate of drug-likeness (QED) is 0.794. The van der Waals surface area contributed by atoms with Crippen molar-refractivity contribution in [2.24, 2.45) is 5.92 Å². The van der Waals surface area contributed by atoms with Gasteiger partial charge in [-0.05, 0) is 25.3 Å². The Kier molecular flexibility index (Phi) is 5.63. The van der Waals surface area contributed by atoms with Crippen molar-refractivity contribution in [3.05, 3.63) is 27.7 Å². The van der Waals surface area contributed by atoms with Crippen LogP contribution < -0.4 is 10.9 Å². The molecule has 0 saturated heterocycles. The lowest BCUT2D eigenvalue weighted by molar-refractivity contribution is -0.138. The molecule has 1 amide bonds. The number of rotatable bonds is 6. The highest BCUT2D eigenvalue weighted by molar-refractivity contribution is 5.77. The number of nitrogens with zero attached hydrogens (tertiary/aromatic N) is 2. The van der Waals surface area contributed by atoms with Gasteiger partial charge in [0.15, 0.2) is 0 Å². The van der Waals surface area contributed by atoms with Crippen LogP contribution in [0, 0.1) is 19.8 Å². The van der Waals surface area contributed by atoms with Crippen LogP contribution in [0.3, 0.4) is 0 Å². The average molecular weight is 295 g/mol. The Morgan fingerprint density at radius 1 is 1.38 bits per heavy atom. The van der Waals surface area contributed by atoms with Gasteiger partial charge >= 0.3 is 5.97 Å². The molecule has 0 bridgehead atoms. The van der Waals surface area contributed by atoms with E-state index in [1.165, 1.54) is 6.07 Å². The first-order valence-corrected chi connectivity index (χ1v) is 6.77. The number of carboxylic acid groups (broad SMARTS) is 1. The van der Waals surface area contributed by atoms with Gasteiger partial charge in [-0.1, -0.05) is 13.8 Å². The second-order valence-electron chi connectivity index (χ2n) is 5.42. The molecular formula is C14H21N3O4. The van der Waals surface area contributed by atoms with E-state index < -0.39 is 17.9 Å². The Hall–Kier alpha value is -2.18. The number of amides is 1. The van der Waals surface area contributed by atoms with E-state index in [-0.39, 0.29) is 24.4 Å². The maximum atomic E-state index is 12.0. The first-order chi connectivity index (χ1) is 9.70. The highest BCUT2D eigenvalue weighted by atomic mass is 16.4. The standard InChI is InChI=1S/C14H21N3O4/c1-8(2)11(6-14(20)21)15-12(18)7-17-13(19)5-9(3)10(4)16-17/h5,8,11H,6-7H2,1-4H3,(H,15,18)(H,20,21). The summed E-state index contributed by atoms with van der Waals surface area (Å²) in [5.74, 6) is -1.42. The number of nitrogens with one attached hydrogen (secondary N) is 1. The van der Waals surface area contributed by atoms with Gasteiger partial charge in [0.2, 0.25) is 5.91 Å². The van der Waals surface area contributed by atoms with Crippen molar-refractivity contribution < 1.29 is 14.7 Å². The van der Waals surface area contributed by atoms with Gasteiger partial charge in [-0.25, -0.2) is 4.68 Å². The van der Waals surface area contributed by atoms with Gasteiger partial charge in [0.1, 0.15) is 6.54 Å². The van der Waals surface area contributed by atoms with Gasteiger partial charge in [0, 0.05) is 12.1 Å². The molecule has 0 aromatic carbocycles. The van der Waals surface area contributed by atoms with E-state index in [1.807, 2.05) is 13.8 Å². The van der Waals surface area contributed by atoms with Crippen LogP contribution in [-0.4, -0.2) is 32.8 Å². The van der Waals surface area contributed by atoms with Crippen molar-refractivity contribution in [1.29, 1.82) is 0 Å². The summed E-state index contributed by atoms with van der Waals surface area (Å²) >= 11 is 0. The summed E-state index contributed by atoms with van der Waals surface area (Å²) in [6.07, 6.45) is -0.154. The maximum Gasteiger partial charge on any atom is 0.305 e. The minimum Gasteiger partial charge on any atom is -0.481 e. The van der Waals surface area contributed by atoms with Gasteiger partial charge in [-0.3, -0.25) is 14.4 Å². The normalized spacial score (nSPS) is 12.2. The second-order valence-corrected chi connectivity index (χ2v) is 5.42. The van der Waals surface area contributed by atoms with Crippen molar-refractivity contribution in [3.8, 4) is 0 Å². The molecule has 1 heterocycles. The molecule has 0 aliphatic heterocycles. The number of aryl methyl sites for hydroxylation is 2. The monoisotopic (exact) mass is 295 g/mol. The lowest BCUT2D eigenvalue weighted by Crippen LogP contribution is -2.43. The van der Waals surface area contributed by atoms with Crippen molar-refractivity contribution in [1.82, 2.24) is 15.1 Å². The predicted octanol–water partition coefficient (Wildman–Crippen LogP) is 0.476. The van der Waals surface area contributed by atoms with Crippen LogP contribution in [0.15, 0.2) is 10.9 Å². The Labute approximate surface area is 123 Å². The van der Waals surface area contributed by atoms with Gasteiger partial charge < -0.3 is 10.4 Å². The first kappa shape index (κ1) is 16.9. The molecule has 1 aromatic heterocycles. The number of hydrogen-bond acceptors (Lipinski definition) is 4. The van der Waals surface area contributed by atoms with Crippen molar-refractivity contribution >= 4 is 11.9 Å². The van der Waals surface area contributed by atoms with Crippen molar-refractivity contribution in [3.63, 3.8) is 0 Å². The third-order valence-electron chi connectivity index (χ3n) is 3.27. The zero-order valence-corrected chi connectivity index (χ0v) is 12.7. The molecule has 7 heteroatoms.